The van der Waals surface area contributed by atoms with Crippen molar-refractivity contribution < 1.29 is 9.53 Å². The lowest BCUT2D eigenvalue weighted by Crippen LogP contribution is -2.39. The second-order valence-corrected chi connectivity index (χ2v) is 5.63. The molecule has 0 bridgehead atoms. The fraction of sp³-hybridized carbons (Fsp3) is 0.600. The van der Waals surface area contributed by atoms with E-state index >= 15 is 0 Å². The van der Waals surface area contributed by atoms with Gasteiger partial charge in [-0.15, -0.1) is 24.0 Å². The first kappa shape index (κ1) is 20.8. The van der Waals surface area contributed by atoms with E-state index in [9.17, 15) is 4.79 Å². The number of esters is 1. The zero-order valence-electron chi connectivity index (χ0n) is 13.8. The summed E-state index contributed by atoms with van der Waals surface area (Å²) in [4.78, 5) is 15.9. The lowest BCUT2D eigenvalue weighted by molar-refractivity contribution is -0.152. The number of nitrogens with zero attached hydrogens (tertiary/aromatic N) is 2. The van der Waals surface area contributed by atoms with Gasteiger partial charge in [-0.2, -0.15) is 0 Å². The number of carbonyl (C=O) groups is 1. The van der Waals surface area contributed by atoms with Crippen LogP contribution in [0.2, 0.25) is 0 Å². The molecule has 1 rings (SSSR count). The second-order valence-electron chi connectivity index (χ2n) is 5.63. The molecule has 1 heterocycles. The van der Waals surface area contributed by atoms with Gasteiger partial charge in [-0.05, 0) is 39.8 Å². The molecule has 0 fully saturated rings. The summed E-state index contributed by atoms with van der Waals surface area (Å²) in [5.74, 6) is 0.292. The summed E-state index contributed by atoms with van der Waals surface area (Å²) in [5, 5.41) is 6.29. The molecular formula is C15H27IN4O2. The lowest BCUT2D eigenvalue weighted by atomic mass is 10.2. The molecule has 1 aromatic rings. The van der Waals surface area contributed by atoms with E-state index in [-0.39, 0.29) is 36.5 Å². The van der Waals surface area contributed by atoms with E-state index in [0.717, 1.165) is 19.6 Å². The van der Waals surface area contributed by atoms with Crippen molar-refractivity contribution in [2.24, 2.45) is 4.99 Å². The highest BCUT2D eigenvalue weighted by Gasteiger charge is 2.15. The zero-order chi connectivity index (χ0) is 15.7. The van der Waals surface area contributed by atoms with Gasteiger partial charge in [0.25, 0.3) is 0 Å². The molecule has 0 saturated heterocycles. The number of hydrogen-bond donors (Lipinski definition) is 2. The molecule has 6 nitrogen and oxygen atoms in total. The van der Waals surface area contributed by atoms with Gasteiger partial charge in [-0.25, -0.2) is 4.99 Å². The molecule has 126 valence electrons. The molecule has 0 aliphatic carbocycles. The largest absolute Gasteiger partial charge is 0.459 e. The van der Waals surface area contributed by atoms with E-state index in [1.54, 1.807) is 0 Å². The van der Waals surface area contributed by atoms with Crippen molar-refractivity contribution in [2.75, 3.05) is 19.6 Å². The highest BCUT2D eigenvalue weighted by Crippen LogP contribution is 2.06. The molecule has 0 amide bonds. The Hall–Kier alpha value is -1.25. The van der Waals surface area contributed by atoms with Gasteiger partial charge < -0.3 is 19.9 Å². The summed E-state index contributed by atoms with van der Waals surface area (Å²) < 4.78 is 7.30. The minimum atomic E-state index is -0.479. The first-order valence-corrected chi connectivity index (χ1v) is 7.25. The predicted octanol–water partition coefficient (Wildman–Crippen LogP) is 2.00. The third kappa shape index (κ3) is 9.64. The minimum Gasteiger partial charge on any atom is -0.459 e. The van der Waals surface area contributed by atoms with Crippen LogP contribution in [0.4, 0.5) is 0 Å². The van der Waals surface area contributed by atoms with Crippen molar-refractivity contribution >= 4 is 35.9 Å². The molecule has 0 atom stereocenters. The van der Waals surface area contributed by atoms with Crippen LogP contribution >= 0.6 is 24.0 Å². The second kappa shape index (κ2) is 10.5. The van der Waals surface area contributed by atoms with Crippen molar-refractivity contribution in [3.63, 3.8) is 0 Å². The predicted molar refractivity (Wildman–Crippen MR) is 99.7 cm³/mol. The first-order chi connectivity index (χ1) is 9.90. The van der Waals surface area contributed by atoms with Gasteiger partial charge in [0.05, 0.1) is 0 Å². The Morgan fingerprint density at radius 1 is 1.23 bits per heavy atom. The Morgan fingerprint density at radius 3 is 2.41 bits per heavy atom. The van der Waals surface area contributed by atoms with Crippen molar-refractivity contribution in [1.29, 1.82) is 0 Å². The Kier molecular flexibility index (Phi) is 9.88. The van der Waals surface area contributed by atoms with Crippen LogP contribution in [0.3, 0.4) is 0 Å². The van der Waals surface area contributed by atoms with Crippen LogP contribution in [0, 0.1) is 0 Å². The van der Waals surface area contributed by atoms with Gasteiger partial charge in [0.2, 0.25) is 0 Å². The summed E-state index contributed by atoms with van der Waals surface area (Å²) in [6.07, 6.45) is 4.01. The quantitative estimate of drug-likeness (QED) is 0.319. The fourth-order valence-corrected chi connectivity index (χ4v) is 1.68. The maximum Gasteiger partial charge on any atom is 0.328 e. The smallest absolute Gasteiger partial charge is 0.328 e. The van der Waals surface area contributed by atoms with Crippen molar-refractivity contribution in [3.05, 3.63) is 24.5 Å². The first-order valence-electron chi connectivity index (χ1n) is 7.25. The van der Waals surface area contributed by atoms with Crippen LogP contribution in [-0.4, -0.2) is 41.7 Å². The van der Waals surface area contributed by atoms with Crippen LogP contribution < -0.4 is 10.6 Å². The zero-order valence-corrected chi connectivity index (χ0v) is 16.1. The number of aromatic nitrogens is 1. The number of nitrogens with one attached hydrogen (secondary N) is 2. The Bertz CT molecular complexity index is 453. The summed E-state index contributed by atoms with van der Waals surface area (Å²) in [7, 11) is 0. The number of aliphatic imine (C=N–C) groups is 1. The molecule has 1 aromatic heterocycles. The van der Waals surface area contributed by atoms with Gasteiger partial charge in [0.15, 0.2) is 5.96 Å². The highest BCUT2D eigenvalue weighted by atomic mass is 127. The highest BCUT2D eigenvalue weighted by molar-refractivity contribution is 14.0. The maximum absolute atomic E-state index is 11.6. The molecule has 0 aromatic carbocycles. The molecular weight excluding hydrogens is 395 g/mol. The summed E-state index contributed by atoms with van der Waals surface area (Å²) in [6.45, 7) is 9.83. The van der Waals surface area contributed by atoms with E-state index in [1.165, 1.54) is 0 Å². The van der Waals surface area contributed by atoms with Gasteiger partial charge in [0, 0.05) is 32.0 Å². The third-order valence-electron chi connectivity index (χ3n) is 2.46. The monoisotopic (exact) mass is 422 g/mol. The molecule has 2 N–H and O–H groups in total. The Labute approximate surface area is 149 Å². The van der Waals surface area contributed by atoms with Crippen LogP contribution in [0.1, 0.15) is 27.7 Å². The molecule has 0 saturated carbocycles. The topological polar surface area (TPSA) is 67.7 Å². The summed E-state index contributed by atoms with van der Waals surface area (Å²) >= 11 is 0. The van der Waals surface area contributed by atoms with Gasteiger partial charge in [-0.3, -0.25) is 4.79 Å². The van der Waals surface area contributed by atoms with Crippen molar-refractivity contribution in [3.8, 4) is 0 Å². The van der Waals surface area contributed by atoms with E-state index in [2.05, 4.69) is 20.2 Å². The van der Waals surface area contributed by atoms with E-state index in [4.69, 9.17) is 4.74 Å². The molecule has 0 aliphatic rings. The average Bonchev–Trinajstić information content (AvgIpc) is 2.87. The standard InChI is InChI=1S/C15H26N4O2.HI/c1-5-16-14(17-8-11-19-9-6-7-10-19)18-12-13(20)21-15(2,3)4;/h6-7,9-10H,5,8,11-12H2,1-4H3,(H2,16,17,18);1H. The molecule has 22 heavy (non-hydrogen) atoms. The number of carbonyl (C=O) groups excluding carboxylic acids is 1. The van der Waals surface area contributed by atoms with E-state index in [1.807, 2.05) is 52.2 Å². The number of hydrogen-bond acceptors (Lipinski definition) is 3. The summed E-state index contributed by atoms with van der Waals surface area (Å²) in [6, 6.07) is 3.98. The van der Waals surface area contributed by atoms with Crippen LogP contribution in [0.15, 0.2) is 29.5 Å². The minimum absolute atomic E-state index is 0. The molecule has 0 aliphatic heterocycles. The van der Waals surface area contributed by atoms with Crippen LogP contribution in [0.5, 0.6) is 0 Å². The number of halogens is 1. The van der Waals surface area contributed by atoms with Crippen LogP contribution in [-0.2, 0) is 16.1 Å². The normalized spacial score (nSPS) is 11.5. The van der Waals surface area contributed by atoms with Gasteiger partial charge >= 0.3 is 5.97 Å². The molecule has 0 unspecified atom stereocenters. The molecule has 0 spiro atoms. The number of rotatable bonds is 6. The number of guanidine groups is 1. The Morgan fingerprint density at radius 2 is 1.86 bits per heavy atom. The maximum atomic E-state index is 11.6. The van der Waals surface area contributed by atoms with Crippen molar-refractivity contribution in [1.82, 2.24) is 15.2 Å². The molecule has 0 radical (unpaired) electrons. The average molecular weight is 422 g/mol. The van der Waals surface area contributed by atoms with Crippen molar-refractivity contribution in [2.45, 2.75) is 39.8 Å². The Balaban J connectivity index is 0.00000441. The number of ether oxygens (including phenoxy) is 1. The van der Waals surface area contributed by atoms with Gasteiger partial charge in [-0.1, -0.05) is 0 Å². The van der Waals surface area contributed by atoms with Crippen LogP contribution in [0.25, 0.3) is 0 Å². The fourth-order valence-electron chi connectivity index (χ4n) is 1.68. The van der Waals surface area contributed by atoms with E-state index < -0.39 is 5.60 Å². The van der Waals surface area contributed by atoms with Gasteiger partial charge in [0.1, 0.15) is 12.1 Å². The molecule has 7 heteroatoms. The lowest BCUT2D eigenvalue weighted by Gasteiger charge is -2.19. The van der Waals surface area contributed by atoms with E-state index in [0.29, 0.717) is 5.96 Å². The summed E-state index contributed by atoms with van der Waals surface area (Å²) in [5.41, 5.74) is -0.479. The SMILES string of the molecule is CCNC(=NCC(=O)OC(C)(C)C)NCCn1cccc1.I. The third-order valence-corrected chi connectivity index (χ3v) is 2.46.